The third-order valence-electron chi connectivity index (χ3n) is 5.57. The quantitative estimate of drug-likeness (QED) is 0.456. The Morgan fingerprint density at radius 1 is 1.10 bits per heavy atom. The van der Waals surface area contributed by atoms with Crippen LogP contribution in [-0.2, 0) is 0 Å². The first-order valence-electron chi connectivity index (χ1n) is 11.1. The van der Waals surface area contributed by atoms with Gasteiger partial charge in [0.15, 0.2) is 5.65 Å². The van der Waals surface area contributed by atoms with Crippen LogP contribution in [0.5, 0.6) is 5.88 Å². The van der Waals surface area contributed by atoms with E-state index in [4.69, 9.17) is 9.84 Å². The highest BCUT2D eigenvalue weighted by molar-refractivity contribution is 5.78. The molecule has 1 N–H and O–H groups in total. The summed E-state index contributed by atoms with van der Waals surface area (Å²) in [6.07, 6.45) is 3.85. The van der Waals surface area contributed by atoms with Crippen molar-refractivity contribution in [3.05, 3.63) is 42.1 Å². The maximum Gasteiger partial charge on any atom is 0.237 e. The van der Waals surface area contributed by atoms with Crippen LogP contribution in [-0.4, -0.2) is 31.9 Å². The van der Waals surface area contributed by atoms with Crippen LogP contribution >= 0.6 is 0 Å². The summed E-state index contributed by atoms with van der Waals surface area (Å²) in [6, 6.07) is 5.75. The average molecular weight is 428 g/mol. The summed E-state index contributed by atoms with van der Waals surface area (Å²) in [7, 11) is 0. The summed E-state index contributed by atoms with van der Waals surface area (Å²) in [5.41, 5.74) is 2.58. The molecular weight excluding hydrogens is 393 g/mol. The van der Waals surface area contributed by atoms with Crippen molar-refractivity contribution in [2.45, 2.75) is 79.0 Å². The summed E-state index contributed by atoms with van der Waals surface area (Å²) < 4.78 is 21.6. The second-order valence-corrected chi connectivity index (χ2v) is 9.03. The Kier molecular flexibility index (Phi) is 7.13. The second kappa shape index (κ2) is 9.62. The zero-order valence-corrected chi connectivity index (χ0v) is 19.6. The third kappa shape index (κ3) is 5.32. The molecule has 0 radical (unpaired) electrons. The first-order valence-corrected chi connectivity index (χ1v) is 11.1. The molecule has 0 aliphatic heterocycles. The number of ether oxygens (including phenoxy) is 1. The first-order chi connectivity index (χ1) is 14.7. The molecule has 3 unspecified atom stereocenters. The largest absolute Gasteiger partial charge is 0.473 e. The number of hydrogen-bond donors (Lipinski definition) is 1. The number of halogens is 1. The molecule has 0 saturated carbocycles. The fraction of sp³-hybridized carbons (Fsp3) is 0.542. The number of nitrogens with one attached hydrogen (secondary N) is 1. The standard InChI is InChI=1S/C24H34FN5O/c1-14(2)22-20-9-8-10-26-23(20)30(29-22)17(6)11-16(5)18(7)28-21-12-19(25)13-27-24(21)31-15(3)4/h8-10,12-18,28H,11H2,1-7H3. The molecule has 0 spiro atoms. The molecule has 7 heteroatoms. The van der Waals surface area contributed by atoms with E-state index < -0.39 is 0 Å². The number of pyridine rings is 2. The van der Waals surface area contributed by atoms with Crippen LogP contribution in [0.1, 0.15) is 72.5 Å². The molecule has 3 rings (SSSR count). The van der Waals surface area contributed by atoms with Crippen molar-refractivity contribution in [2.24, 2.45) is 5.92 Å². The Labute approximate surface area is 184 Å². The molecule has 3 aromatic heterocycles. The molecule has 6 nitrogen and oxygen atoms in total. The predicted molar refractivity (Wildman–Crippen MR) is 123 cm³/mol. The number of nitrogens with zero attached hydrogens (tertiary/aromatic N) is 4. The van der Waals surface area contributed by atoms with E-state index in [1.807, 2.05) is 30.8 Å². The smallest absolute Gasteiger partial charge is 0.237 e. The highest BCUT2D eigenvalue weighted by Crippen LogP contribution is 2.30. The van der Waals surface area contributed by atoms with Gasteiger partial charge in [-0.15, -0.1) is 0 Å². The van der Waals surface area contributed by atoms with Crippen LogP contribution in [0.2, 0.25) is 0 Å². The minimum Gasteiger partial charge on any atom is -0.473 e. The average Bonchev–Trinajstić information content (AvgIpc) is 3.10. The Morgan fingerprint density at radius 3 is 2.52 bits per heavy atom. The zero-order valence-electron chi connectivity index (χ0n) is 19.6. The van der Waals surface area contributed by atoms with Gasteiger partial charge in [-0.1, -0.05) is 20.8 Å². The highest BCUT2D eigenvalue weighted by atomic mass is 19.1. The Morgan fingerprint density at radius 2 is 1.84 bits per heavy atom. The third-order valence-corrected chi connectivity index (χ3v) is 5.57. The van der Waals surface area contributed by atoms with Crippen LogP contribution in [0.4, 0.5) is 10.1 Å². The van der Waals surface area contributed by atoms with Crippen molar-refractivity contribution >= 4 is 16.7 Å². The zero-order chi connectivity index (χ0) is 22.7. The van der Waals surface area contributed by atoms with E-state index in [9.17, 15) is 4.39 Å². The first kappa shape index (κ1) is 23.0. The van der Waals surface area contributed by atoms with E-state index in [2.05, 4.69) is 56.0 Å². The van der Waals surface area contributed by atoms with E-state index in [1.54, 1.807) is 0 Å². The van der Waals surface area contributed by atoms with Gasteiger partial charge in [0.1, 0.15) is 11.5 Å². The SMILES string of the molecule is CC(C)Oc1ncc(F)cc1NC(C)C(C)CC(C)n1nc(C(C)C)c2cccnc21. The number of aromatic nitrogens is 4. The Bertz CT molecular complexity index is 1020. The summed E-state index contributed by atoms with van der Waals surface area (Å²) in [5.74, 6) is 0.656. The molecule has 0 saturated heterocycles. The topological polar surface area (TPSA) is 64.9 Å². The highest BCUT2D eigenvalue weighted by Gasteiger charge is 2.22. The summed E-state index contributed by atoms with van der Waals surface area (Å²) in [6.45, 7) is 14.6. The maximum absolute atomic E-state index is 13.8. The van der Waals surface area contributed by atoms with Crippen molar-refractivity contribution in [3.8, 4) is 5.88 Å². The molecule has 0 amide bonds. The number of anilines is 1. The molecule has 168 valence electrons. The molecular formula is C24H34FN5O. The molecule has 3 atom stereocenters. The van der Waals surface area contributed by atoms with Gasteiger partial charge in [0.25, 0.3) is 0 Å². The fourth-order valence-corrected chi connectivity index (χ4v) is 3.81. The Balaban J connectivity index is 1.76. The minimum absolute atomic E-state index is 0.0398. The number of hydrogen-bond acceptors (Lipinski definition) is 5. The molecule has 0 fully saturated rings. The maximum atomic E-state index is 13.8. The van der Waals surface area contributed by atoms with Gasteiger partial charge in [0.2, 0.25) is 5.88 Å². The van der Waals surface area contributed by atoms with Crippen molar-refractivity contribution in [1.82, 2.24) is 19.7 Å². The predicted octanol–water partition coefficient (Wildman–Crippen LogP) is 5.96. The van der Waals surface area contributed by atoms with E-state index in [-0.39, 0.29) is 29.9 Å². The fourth-order valence-electron chi connectivity index (χ4n) is 3.81. The summed E-state index contributed by atoms with van der Waals surface area (Å²) in [5, 5.41) is 9.41. The van der Waals surface area contributed by atoms with Crippen molar-refractivity contribution in [2.75, 3.05) is 5.32 Å². The van der Waals surface area contributed by atoms with E-state index in [0.717, 1.165) is 23.1 Å². The van der Waals surface area contributed by atoms with Gasteiger partial charge in [-0.2, -0.15) is 5.10 Å². The number of rotatable bonds is 9. The van der Waals surface area contributed by atoms with E-state index in [0.29, 0.717) is 17.5 Å². The monoisotopic (exact) mass is 427 g/mol. The molecule has 3 aromatic rings. The second-order valence-electron chi connectivity index (χ2n) is 9.03. The Hall–Kier alpha value is -2.70. The van der Waals surface area contributed by atoms with Crippen LogP contribution in [0.3, 0.4) is 0 Å². The van der Waals surface area contributed by atoms with Crippen molar-refractivity contribution in [3.63, 3.8) is 0 Å². The van der Waals surface area contributed by atoms with E-state index in [1.165, 1.54) is 12.3 Å². The molecule has 0 bridgehead atoms. The van der Waals surface area contributed by atoms with Crippen LogP contribution < -0.4 is 10.1 Å². The van der Waals surface area contributed by atoms with Gasteiger partial charge in [-0.25, -0.2) is 19.0 Å². The van der Waals surface area contributed by atoms with Gasteiger partial charge in [0.05, 0.1) is 24.0 Å². The lowest BCUT2D eigenvalue weighted by molar-refractivity contribution is 0.233. The molecule has 0 aromatic carbocycles. The van der Waals surface area contributed by atoms with Gasteiger partial charge in [-0.05, 0) is 58.1 Å². The summed E-state index contributed by atoms with van der Waals surface area (Å²) >= 11 is 0. The van der Waals surface area contributed by atoms with Crippen LogP contribution in [0.15, 0.2) is 30.6 Å². The molecule has 3 heterocycles. The lowest BCUT2D eigenvalue weighted by atomic mass is 9.95. The van der Waals surface area contributed by atoms with Gasteiger partial charge in [-0.3, -0.25) is 0 Å². The number of fused-ring (bicyclic) bond motifs is 1. The molecule has 31 heavy (non-hydrogen) atoms. The lowest BCUT2D eigenvalue weighted by Crippen LogP contribution is -2.27. The van der Waals surface area contributed by atoms with Crippen LogP contribution in [0, 0.1) is 11.7 Å². The lowest BCUT2D eigenvalue weighted by Gasteiger charge is -2.26. The van der Waals surface area contributed by atoms with Gasteiger partial charge < -0.3 is 10.1 Å². The molecule has 0 aliphatic rings. The summed E-state index contributed by atoms with van der Waals surface area (Å²) in [4.78, 5) is 8.70. The normalized spacial score (nSPS) is 14.8. The van der Waals surface area contributed by atoms with E-state index >= 15 is 0 Å². The van der Waals surface area contributed by atoms with Crippen molar-refractivity contribution < 1.29 is 9.13 Å². The van der Waals surface area contributed by atoms with Gasteiger partial charge >= 0.3 is 0 Å². The van der Waals surface area contributed by atoms with Crippen LogP contribution in [0.25, 0.3) is 11.0 Å². The minimum atomic E-state index is -0.387. The van der Waals surface area contributed by atoms with Gasteiger partial charge in [0, 0.05) is 23.7 Å². The molecule has 0 aliphatic carbocycles. The van der Waals surface area contributed by atoms with Crippen molar-refractivity contribution in [1.29, 1.82) is 0 Å².